The molecular weight excluding hydrogens is 256 g/mol. The first-order chi connectivity index (χ1) is 10.0. The number of nitrogens with zero attached hydrogens (tertiary/aromatic N) is 1. The Morgan fingerprint density at radius 2 is 1.38 bits per heavy atom. The number of nitrogens with one attached hydrogen (secondary N) is 1. The van der Waals surface area contributed by atoms with E-state index in [2.05, 4.69) is 55.3 Å². The normalized spacial score (nSPS) is 18.2. The van der Waals surface area contributed by atoms with Gasteiger partial charge < -0.3 is 5.32 Å². The molecule has 1 aliphatic heterocycles. The summed E-state index contributed by atoms with van der Waals surface area (Å²) in [5, 5.41) is 3.54. The molecule has 2 heteroatoms. The zero-order valence-corrected chi connectivity index (χ0v) is 14.1. The summed E-state index contributed by atoms with van der Waals surface area (Å²) in [7, 11) is 0. The van der Waals surface area contributed by atoms with E-state index in [1.54, 1.807) is 0 Å². The van der Waals surface area contributed by atoms with Crippen LogP contribution in [0.25, 0.3) is 0 Å². The minimum Gasteiger partial charge on any atom is -0.308 e. The summed E-state index contributed by atoms with van der Waals surface area (Å²) in [6.45, 7) is 11.2. The molecule has 1 aromatic rings. The van der Waals surface area contributed by atoms with Gasteiger partial charge in [0.2, 0.25) is 0 Å². The fourth-order valence-corrected chi connectivity index (χ4v) is 2.86. The van der Waals surface area contributed by atoms with Crippen molar-refractivity contribution < 1.29 is 0 Å². The van der Waals surface area contributed by atoms with E-state index in [1.807, 2.05) is 0 Å². The Morgan fingerprint density at radius 3 is 1.95 bits per heavy atom. The molecule has 0 radical (unpaired) electrons. The van der Waals surface area contributed by atoms with E-state index < -0.39 is 0 Å². The summed E-state index contributed by atoms with van der Waals surface area (Å²) in [5.41, 5.74) is 3.01. The largest absolute Gasteiger partial charge is 0.308 e. The number of hydrogen-bond donors (Lipinski definition) is 1. The molecule has 0 spiro atoms. The molecule has 1 heterocycles. The zero-order valence-electron chi connectivity index (χ0n) is 14.1. The van der Waals surface area contributed by atoms with Crippen molar-refractivity contribution in [3.05, 3.63) is 35.4 Å². The molecule has 2 nitrogen and oxygen atoms in total. The summed E-state index contributed by atoms with van der Waals surface area (Å²) < 4.78 is 0. The van der Waals surface area contributed by atoms with Crippen LogP contribution in [0.2, 0.25) is 0 Å². The molecule has 0 aromatic heterocycles. The molecule has 1 aliphatic rings. The SMILES string of the molecule is CC(C)(C)NCc1ccc(CN2CCCCCCC2)cc1. The summed E-state index contributed by atoms with van der Waals surface area (Å²) >= 11 is 0. The lowest BCUT2D eigenvalue weighted by molar-refractivity contribution is 0.240. The second-order valence-corrected chi connectivity index (χ2v) is 7.46. The fourth-order valence-electron chi connectivity index (χ4n) is 2.86. The predicted octanol–water partition coefficient (Wildman–Crippen LogP) is 4.34. The van der Waals surface area contributed by atoms with Gasteiger partial charge in [0.25, 0.3) is 0 Å². The minimum absolute atomic E-state index is 0.184. The zero-order chi connectivity index (χ0) is 15.1. The standard InChI is InChI=1S/C19H32N2/c1-19(2,3)20-15-17-9-11-18(12-10-17)16-21-13-7-5-4-6-8-14-21/h9-12,20H,4-8,13-16H2,1-3H3. The summed E-state index contributed by atoms with van der Waals surface area (Å²) in [6, 6.07) is 9.16. The number of likely N-dealkylation sites (tertiary alicyclic amines) is 1. The third-order valence-electron chi connectivity index (χ3n) is 4.20. The van der Waals surface area contributed by atoms with Crippen LogP contribution in [-0.4, -0.2) is 23.5 Å². The lowest BCUT2D eigenvalue weighted by atomic mass is 10.1. The number of rotatable bonds is 4. The Labute approximate surface area is 130 Å². The first-order valence-electron chi connectivity index (χ1n) is 8.58. The Bertz CT molecular complexity index is 395. The van der Waals surface area contributed by atoms with Gasteiger partial charge in [0.1, 0.15) is 0 Å². The van der Waals surface area contributed by atoms with Gasteiger partial charge >= 0.3 is 0 Å². The van der Waals surface area contributed by atoms with Crippen molar-refractivity contribution in [3.63, 3.8) is 0 Å². The topological polar surface area (TPSA) is 15.3 Å². The van der Waals surface area contributed by atoms with Crippen molar-refractivity contribution >= 4 is 0 Å². The Balaban J connectivity index is 1.83. The number of hydrogen-bond acceptors (Lipinski definition) is 2. The van der Waals surface area contributed by atoms with Gasteiger partial charge in [0.05, 0.1) is 0 Å². The lowest BCUT2D eigenvalue weighted by Crippen LogP contribution is -2.35. The van der Waals surface area contributed by atoms with Gasteiger partial charge in [-0.2, -0.15) is 0 Å². The predicted molar refractivity (Wildman–Crippen MR) is 91.4 cm³/mol. The third-order valence-corrected chi connectivity index (χ3v) is 4.20. The molecule has 0 amide bonds. The molecule has 0 unspecified atom stereocenters. The highest BCUT2D eigenvalue weighted by molar-refractivity contribution is 5.22. The average Bonchev–Trinajstić information content (AvgIpc) is 2.40. The van der Waals surface area contributed by atoms with Gasteiger partial charge in [-0.1, -0.05) is 43.5 Å². The van der Waals surface area contributed by atoms with Crippen LogP contribution in [0.15, 0.2) is 24.3 Å². The van der Waals surface area contributed by atoms with Crippen molar-refractivity contribution in [3.8, 4) is 0 Å². The molecule has 2 rings (SSSR count). The highest BCUT2D eigenvalue weighted by Gasteiger charge is 2.10. The van der Waals surface area contributed by atoms with Gasteiger partial charge in [-0.3, -0.25) is 4.90 Å². The smallest absolute Gasteiger partial charge is 0.0233 e. The van der Waals surface area contributed by atoms with E-state index in [0.717, 1.165) is 13.1 Å². The molecule has 1 saturated heterocycles. The van der Waals surface area contributed by atoms with Crippen molar-refractivity contribution in [1.29, 1.82) is 0 Å². The highest BCUT2D eigenvalue weighted by Crippen LogP contribution is 2.14. The minimum atomic E-state index is 0.184. The monoisotopic (exact) mass is 288 g/mol. The molecule has 1 aromatic carbocycles. The van der Waals surface area contributed by atoms with E-state index in [0.29, 0.717) is 0 Å². The molecule has 0 saturated carbocycles. The first kappa shape index (κ1) is 16.5. The Morgan fingerprint density at radius 1 is 0.857 bits per heavy atom. The van der Waals surface area contributed by atoms with Crippen LogP contribution in [-0.2, 0) is 13.1 Å². The van der Waals surface area contributed by atoms with Gasteiger partial charge in [-0.15, -0.1) is 0 Å². The average molecular weight is 288 g/mol. The molecule has 21 heavy (non-hydrogen) atoms. The molecule has 118 valence electrons. The summed E-state index contributed by atoms with van der Waals surface area (Å²) in [5.74, 6) is 0. The van der Waals surface area contributed by atoms with Crippen molar-refractivity contribution in [2.24, 2.45) is 0 Å². The lowest BCUT2D eigenvalue weighted by Gasteiger charge is -2.24. The maximum atomic E-state index is 3.54. The molecule has 0 bridgehead atoms. The van der Waals surface area contributed by atoms with Crippen LogP contribution in [0.1, 0.15) is 64.0 Å². The van der Waals surface area contributed by atoms with E-state index in [1.165, 1.54) is 56.3 Å². The van der Waals surface area contributed by atoms with Crippen molar-refractivity contribution in [2.75, 3.05) is 13.1 Å². The quantitative estimate of drug-likeness (QED) is 0.886. The van der Waals surface area contributed by atoms with Crippen molar-refractivity contribution in [2.45, 2.75) is 71.5 Å². The van der Waals surface area contributed by atoms with Crippen LogP contribution in [0.5, 0.6) is 0 Å². The van der Waals surface area contributed by atoms with Crippen LogP contribution >= 0.6 is 0 Å². The highest BCUT2D eigenvalue weighted by atomic mass is 15.1. The number of benzene rings is 1. The van der Waals surface area contributed by atoms with Crippen molar-refractivity contribution in [1.82, 2.24) is 10.2 Å². The molecule has 1 N–H and O–H groups in total. The maximum absolute atomic E-state index is 3.54. The van der Waals surface area contributed by atoms with Crippen LogP contribution in [0.3, 0.4) is 0 Å². The molecule has 0 atom stereocenters. The van der Waals surface area contributed by atoms with E-state index in [9.17, 15) is 0 Å². The first-order valence-corrected chi connectivity index (χ1v) is 8.58. The van der Waals surface area contributed by atoms with Gasteiger partial charge in [-0.05, 0) is 57.8 Å². The maximum Gasteiger partial charge on any atom is 0.0233 e. The Kier molecular flexibility index (Phi) is 6.25. The third kappa shape index (κ3) is 6.62. The second kappa shape index (κ2) is 7.95. The molecule has 0 aliphatic carbocycles. The van der Waals surface area contributed by atoms with Gasteiger partial charge in [0, 0.05) is 18.6 Å². The summed E-state index contributed by atoms with van der Waals surface area (Å²) in [4.78, 5) is 2.63. The van der Waals surface area contributed by atoms with E-state index >= 15 is 0 Å². The fraction of sp³-hybridized carbons (Fsp3) is 0.684. The van der Waals surface area contributed by atoms with Gasteiger partial charge in [-0.25, -0.2) is 0 Å². The second-order valence-electron chi connectivity index (χ2n) is 7.46. The van der Waals surface area contributed by atoms with Crippen LogP contribution in [0.4, 0.5) is 0 Å². The van der Waals surface area contributed by atoms with E-state index in [-0.39, 0.29) is 5.54 Å². The van der Waals surface area contributed by atoms with Gasteiger partial charge in [0.15, 0.2) is 0 Å². The Hall–Kier alpha value is -0.860. The van der Waals surface area contributed by atoms with Crippen LogP contribution < -0.4 is 5.32 Å². The molecule has 1 fully saturated rings. The molecular formula is C19H32N2. The van der Waals surface area contributed by atoms with Crippen LogP contribution in [0, 0.1) is 0 Å². The summed E-state index contributed by atoms with van der Waals surface area (Å²) in [6.07, 6.45) is 6.99. The van der Waals surface area contributed by atoms with E-state index in [4.69, 9.17) is 0 Å².